The summed E-state index contributed by atoms with van der Waals surface area (Å²) < 4.78 is 11.9. The van der Waals surface area contributed by atoms with Gasteiger partial charge in [-0.15, -0.1) is 0 Å². The normalized spacial score (nSPS) is 11.2. The predicted molar refractivity (Wildman–Crippen MR) is 94.6 cm³/mol. The topological polar surface area (TPSA) is 19.9 Å². The van der Waals surface area contributed by atoms with Crippen molar-refractivity contribution in [3.05, 3.63) is 0 Å². The van der Waals surface area contributed by atoms with E-state index in [0.29, 0.717) is 0 Å². The van der Waals surface area contributed by atoms with Crippen LogP contribution >= 0.6 is 0 Å². The zero-order valence-electron chi connectivity index (χ0n) is 14.9. The van der Waals surface area contributed by atoms with Crippen molar-refractivity contribution < 1.29 is 9.50 Å². The maximum absolute atomic E-state index is 11.9. The quantitative estimate of drug-likeness (QED) is 0.221. The van der Waals surface area contributed by atoms with Gasteiger partial charge in [0.25, 0.3) is 0 Å². The first-order chi connectivity index (χ1) is 10.9. The van der Waals surface area contributed by atoms with Crippen LogP contribution in [0.2, 0.25) is 0 Å². The molecule has 0 aromatic heterocycles. The van der Waals surface area contributed by atoms with Crippen molar-refractivity contribution >= 4 is 0 Å². The zero-order chi connectivity index (χ0) is 16.1. The summed E-state index contributed by atoms with van der Waals surface area (Å²) in [5.74, 6) is 0. The SMILES string of the molecule is [O]CCCCCCCCCCCCCCCCCCCCF. The van der Waals surface area contributed by atoms with Crippen LogP contribution in [0.25, 0.3) is 0 Å². The lowest BCUT2D eigenvalue weighted by Crippen LogP contribution is -1.85. The Hall–Kier alpha value is -0.110. The Labute approximate surface area is 139 Å². The van der Waals surface area contributed by atoms with Crippen molar-refractivity contribution in [2.45, 2.75) is 116 Å². The monoisotopic (exact) mass is 315 g/mol. The van der Waals surface area contributed by atoms with Gasteiger partial charge in [0.15, 0.2) is 0 Å². The maximum Gasteiger partial charge on any atom is 0.0894 e. The van der Waals surface area contributed by atoms with Crippen molar-refractivity contribution in [2.75, 3.05) is 13.3 Å². The molecule has 0 unspecified atom stereocenters. The Kier molecular flexibility index (Phi) is 20.8. The number of hydrogen-bond acceptors (Lipinski definition) is 0. The lowest BCUT2D eigenvalue weighted by molar-refractivity contribution is 0.186. The molecule has 0 rings (SSSR count). The smallest absolute Gasteiger partial charge is 0.0894 e. The summed E-state index contributed by atoms with van der Waals surface area (Å²) in [6.45, 7) is -0.0272. The van der Waals surface area contributed by atoms with Gasteiger partial charge in [0.2, 0.25) is 0 Å². The molecule has 0 atom stereocenters. The lowest BCUT2D eigenvalue weighted by Gasteiger charge is -2.03. The molecule has 0 aromatic rings. The molecular formula is C20H40FO. The van der Waals surface area contributed by atoms with Crippen LogP contribution in [0.3, 0.4) is 0 Å². The summed E-state index contributed by atoms with van der Waals surface area (Å²) in [6, 6.07) is 0. The molecule has 1 radical (unpaired) electrons. The van der Waals surface area contributed by atoms with E-state index in [-0.39, 0.29) is 13.3 Å². The van der Waals surface area contributed by atoms with E-state index in [1.54, 1.807) is 0 Å². The van der Waals surface area contributed by atoms with E-state index in [1.165, 1.54) is 89.9 Å². The van der Waals surface area contributed by atoms with Gasteiger partial charge in [-0.05, 0) is 12.8 Å². The molecule has 0 amide bonds. The van der Waals surface area contributed by atoms with Gasteiger partial charge in [-0.2, -0.15) is 0 Å². The van der Waals surface area contributed by atoms with Crippen LogP contribution in [0.5, 0.6) is 0 Å². The first-order valence-corrected chi connectivity index (χ1v) is 10.1. The van der Waals surface area contributed by atoms with Crippen molar-refractivity contribution in [1.82, 2.24) is 0 Å². The van der Waals surface area contributed by atoms with Gasteiger partial charge in [0.1, 0.15) is 0 Å². The van der Waals surface area contributed by atoms with E-state index in [4.69, 9.17) is 0 Å². The first-order valence-electron chi connectivity index (χ1n) is 10.1. The molecule has 22 heavy (non-hydrogen) atoms. The van der Waals surface area contributed by atoms with Gasteiger partial charge < -0.3 is 0 Å². The van der Waals surface area contributed by atoms with Crippen LogP contribution in [0, 0.1) is 0 Å². The summed E-state index contributed by atoms with van der Waals surface area (Å²) >= 11 is 0. The number of unbranched alkanes of at least 4 members (excludes halogenated alkanes) is 17. The summed E-state index contributed by atoms with van der Waals surface area (Å²) in [5, 5.41) is 10.3. The largest absolute Gasteiger partial charge is 0.251 e. The van der Waals surface area contributed by atoms with Crippen molar-refractivity contribution in [3.8, 4) is 0 Å². The van der Waals surface area contributed by atoms with Gasteiger partial charge in [0, 0.05) is 0 Å². The second kappa shape index (κ2) is 20.9. The first kappa shape index (κ1) is 21.9. The fourth-order valence-corrected chi connectivity index (χ4v) is 3.02. The molecular weight excluding hydrogens is 275 g/mol. The minimum absolute atomic E-state index is 0.110. The van der Waals surface area contributed by atoms with Crippen molar-refractivity contribution in [1.29, 1.82) is 0 Å². The number of rotatable bonds is 19. The fraction of sp³-hybridized carbons (Fsp3) is 1.00. The third-order valence-electron chi connectivity index (χ3n) is 4.53. The minimum atomic E-state index is -0.137. The molecule has 0 aliphatic heterocycles. The summed E-state index contributed by atoms with van der Waals surface area (Å²) in [7, 11) is 0. The minimum Gasteiger partial charge on any atom is -0.251 e. The number of halogens is 1. The Bertz CT molecular complexity index is 165. The van der Waals surface area contributed by atoms with E-state index in [2.05, 4.69) is 0 Å². The van der Waals surface area contributed by atoms with Gasteiger partial charge >= 0.3 is 0 Å². The Balaban J connectivity index is 2.91. The molecule has 0 spiro atoms. The van der Waals surface area contributed by atoms with Crippen LogP contribution in [0.15, 0.2) is 0 Å². The third kappa shape index (κ3) is 19.9. The van der Waals surface area contributed by atoms with Gasteiger partial charge in [0.05, 0.1) is 13.3 Å². The van der Waals surface area contributed by atoms with E-state index >= 15 is 0 Å². The van der Waals surface area contributed by atoms with Crippen molar-refractivity contribution in [3.63, 3.8) is 0 Å². The van der Waals surface area contributed by atoms with E-state index in [0.717, 1.165) is 25.7 Å². The second-order valence-corrected chi connectivity index (χ2v) is 6.76. The standard InChI is InChI=1S/C20H40FO/c21-19-17-15-13-11-9-7-5-3-1-2-4-6-8-10-12-14-16-18-20-22/h1-20H2. The van der Waals surface area contributed by atoms with E-state index < -0.39 is 0 Å². The van der Waals surface area contributed by atoms with E-state index in [9.17, 15) is 9.50 Å². The highest BCUT2D eigenvalue weighted by atomic mass is 19.1. The molecule has 0 aromatic carbocycles. The lowest BCUT2D eigenvalue weighted by atomic mass is 10.0. The molecule has 0 saturated carbocycles. The molecule has 0 bridgehead atoms. The highest BCUT2D eigenvalue weighted by Gasteiger charge is 1.95. The van der Waals surface area contributed by atoms with Crippen LogP contribution < -0.4 is 0 Å². The van der Waals surface area contributed by atoms with Gasteiger partial charge in [-0.3, -0.25) is 4.39 Å². The molecule has 0 fully saturated rings. The Morgan fingerprint density at radius 2 is 0.591 bits per heavy atom. The second-order valence-electron chi connectivity index (χ2n) is 6.76. The highest BCUT2D eigenvalue weighted by molar-refractivity contribution is 4.50. The highest BCUT2D eigenvalue weighted by Crippen LogP contribution is 2.14. The number of alkyl halides is 1. The molecule has 0 saturated heterocycles. The average molecular weight is 316 g/mol. The molecule has 0 aliphatic rings. The fourth-order valence-electron chi connectivity index (χ4n) is 3.02. The number of hydrogen-bond donors (Lipinski definition) is 0. The molecule has 2 heteroatoms. The summed E-state index contributed by atoms with van der Waals surface area (Å²) in [6.07, 6.45) is 22.8. The predicted octanol–water partition coefficient (Wildman–Crippen LogP) is 7.41. The molecule has 0 heterocycles. The molecule has 133 valence electrons. The Morgan fingerprint density at radius 1 is 0.364 bits per heavy atom. The Morgan fingerprint density at radius 3 is 0.818 bits per heavy atom. The van der Waals surface area contributed by atoms with Crippen LogP contribution in [-0.4, -0.2) is 13.3 Å². The van der Waals surface area contributed by atoms with Gasteiger partial charge in [-0.25, -0.2) is 5.11 Å². The molecule has 0 aliphatic carbocycles. The van der Waals surface area contributed by atoms with Crippen LogP contribution in [0.1, 0.15) is 116 Å². The molecule has 0 N–H and O–H groups in total. The average Bonchev–Trinajstić information content (AvgIpc) is 2.54. The third-order valence-corrected chi connectivity index (χ3v) is 4.53. The van der Waals surface area contributed by atoms with Crippen LogP contribution in [-0.2, 0) is 5.11 Å². The summed E-state index contributed by atoms with van der Waals surface area (Å²) in [4.78, 5) is 0. The van der Waals surface area contributed by atoms with Crippen LogP contribution in [0.4, 0.5) is 4.39 Å². The molecule has 1 nitrogen and oxygen atoms in total. The maximum atomic E-state index is 11.9. The van der Waals surface area contributed by atoms with E-state index in [1.807, 2.05) is 0 Å². The van der Waals surface area contributed by atoms with Gasteiger partial charge in [-0.1, -0.05) is 103 Å². The summed E-state index contributed by atoms with van der Waals surface area (Å²) in [5.41, 5.74) is 0. The zero-order valence-corrected chi connectivity index (χ0v) is 14.9. The van der Waals surface area contributed by atoms with Crippen molar-refractivity contribution in [2.24, 2.45) is 0 Å².